The first-order valence-electron chi connectivity index (χ1n) is 11.4. The highest BCUT2D eigenvalue weighted by molar-refractivity contribution is 6.32. The molecule has 5 rings (SSSR count). The van der Waals surface area contributed by atoms with Crippen molar-refractivity contribution in [2.75, 3.05) is 5.32 Å². The van der Waals surface area contributed by atoms with Crippen LogP contribution in [0.1, 0.15) is 15.9 Å². The van der Waals surface area contributed by atoms with E-state index in [9.17, 15) is 23.1 Å². The van der Waals surface area contributed by atoms with Gasteiger partial charge in [-0.25, -0.2) is 4.68 Å². The van der Waals surface area contributed by atoms with Crippen molar-refractivity contribution in [1.82, 2.24) is 14.8 Å². The number of rotatable bonds is 5. The summed E-state index contributed by atoms with van der Waals surface area (Å²) < 4.78 is 41.1. The Bertz CT molecular complexity index is 1670. The number of halogens is 5. The largest absolute Gasteiger partial charge is 0.506 e. The number of carbonyl (C=O) groups is 1. The van der Waals surface area contributed by atoms with E-state index in [0.29, 0.717) is 28.7 Å². The molecule has 0 bridgehead atoms. The fourth-order valence-corrected chi connectivity index (χ4v) is 4.31. The molecule has 0 fully saturated rings. The van der Waals surface area contributed by atoms with Crippen molar-refractivity contribution in [2.24, 2.45) is 0 Å². The lowest BCUT2D eigenvalue weighted by molar-refractivity contribution is -0.137. The van der Waals surface area contributed by atoms with Gasteiger partial charge in [-0.2, -0.15) is 18.3 Å². The highest BCUT2D eigenvalue weighted by atomic mass is 35.5. The molecule has 1 amide bonds. The first kappa shape index (κ1) is 26.3. The Balaban J connectivity index is 1.44. The van der Waals surface area contributed by atoms with Gasteiger partial charge < -0.3 is 10.4 Å². The molecule has 2 aromatic heterocycles. The molecular weight excluding hydrogens is 552 g/mol. The standard InChI is InChI=1S/C28H17Cl2F3N4O2/c29-23-7-1-18(13-22(23)28(31,32)33)27(39)35-19-3-5-20(6-4-19)37-15-21(16-9-11-34-12-10-16)26(36-37)17-2-8-25(38)24(30)14-17/h1-15,38H,(H,35,39). The SMILES string of the molecule is O=C(Nc1ccc(-n2cc(-c3ccncc3)c(-c3ccc(O)c(Cl)c3)n2)cc1)c1ccc(Cl)c(C(F)(F)F)c1. The van der Waals surface area contributed by atoms with Gasteiger partial charge in [-0.3, -0.25) is 9.78 Å². The van der Waals surface area contributed by atoms with Crippen molar-refractivity contribution in [3.63, 3.8) is 0 Å². The van der Waals surface area contributed by atoms with Crippen LogP contribution in [-0.2, 0) is 6.18 Å². The second kappa shape index (κ2) is 10.4. The third kappa shape index (κ3) is 5.59. The number of carbonyl (C=O) groups excluding carboxylic acids is 1. The van der Waals surface area contributed by atoms with E-state index in [1.807, 2.05) is 18.3 Å². The van der Waals surface area contributed by atoms with E-state index in [2.05, 4.69) is 10.3 Å². The van der Waals surface area contributed by atoms with Crippen molar-refractivity contribution in [1.29, 1.82) is 0 Å². The van der Waals surface area contributed by atoms with Crippen molar-refractivity contribution < 1.29 is 23.1 Å². The summed E-state index contributed by atoms with van der Waals surface area (Å²) in [4.78, 5) is 16.7. The molecule has 0 unspecified atom stereocenters. The lowest BCUT2D eigenvalue weighted by atomic mass is 10.0. The number of nitrogens with zero attached hydrogens (tertiary/aromatic N) is 3. The summed E-state index contributed by atoms with van der Waals surface area (Å²) >= 11 is 11.8. The van der Waals surface area contributed by atoms with Gasteiger partial charge in [0.25, 0.3) is 5.91 Å². The molecule has 0 radical (unpaired) electrons. The monoisotopic (exact) mass is 568 g/mol. The molecule has 2 N–H and O–H groups in total. The van der Waals surface area contributed by atoms with Crippen molar-refractivity contribution in [3.05, 3.63) is 113 Å². The van der Waals surface area contributed by atoms with Crippen molar-refractivity contribution in [3.8, 4) is 33.8 Å². The molecule has 0 aliphatic carbocycles. The highest BCUT2D eigenvalue weighted by Gasteiger charge is 2.33. The molecule has 5 aromatic rings. The molecular formula is C28H17Cl2F3N4O2. The van der Waals surface area contributed by atoms with Crippen LogP contribution in [0.3, 0.4) is 0 Å². The molecule has 0 saturated carbocycles. The third-order valence-electron chi connectivity index (χ3n) is 5.85. The summed E-state index contributed by atoms with van der Waals surface area (Å²) in [5.41, 5.74) is 2.73. The Hall–Kier alpha value is -4.34. The van der Waals surface area contributed by atoms with Crippen LogP contribution in [0.2, 0.25) is 10.0 Å². The van der Waals surface area contributed by atoms with Gasteiger partial charge in [0.2, 0.25) is 0 Å². The fraction of sp³-hybridized carbons (Fsp3) is 0.0357. The Kier molecular flexibility index (Phi) is 7.03. The highest BCUT2D eigenvalue weighted by Crippen LogP contribution is 2.36. The van der Waals surface area contributed by atoms with E-state index < -0.39 is 22.7 Å². The van der Waals surface area contributed by atoms with Gasteiger partial charge in [-0.05, 0) is 78.4 Å². The Morgan fingerprint density at radius 3 is 2.26 bits per heavy atom. The average molecular weight is 569 g/mol. The number of phenolic OH excluding ortho intramolecular Hbond substituents is 1. The zero-order valence-corrected chi connectivity index (χ0v) is 21.3. The maximum Gasteiger partial charge on any atom is 0.417 e. The summed E-state index contributed by atoms with van der Waals surface area (Å²) in [7, 11) is 0. The number of hydrogen-bond acceptors (Lipinski definition) is 4. The summed E-state index contributed by atoms with van der Waals surface area (Å²) in [6.07, 6.45) is 0.468. The Morgan fingerprint density at radius 1 is 0.872 bits per heavy atom. The molecule has 39 heavy (non-hydrogen) atoms. The maximum atomic E-state index is 13.2. The number of amides is 1. The zero-order chi connectivity index (χ0) is 27.7. The minimum Gasteiger partial charge on any atom is -0.506 e. The van der Waals surface area contributed by atoms with Gasteiger partial charge >= 0.3 is 6.18 Å². The lowest BCUT2D eigenvalue weighted by Crippen LogP contribution is -2.14. The van der Waals surface area contributed by atoms with Crippen molar-refractivity contribution >= 4 is 34.8 Å². The molecule has 3 aromatic carbocycles. The molecule has 0 saturated heterocycles. The average Bonchev–Trinajstić information content (AvgIpc) is 3.36. The molecule has 0 aliphatic rings. The van der Waals surface area contributed by atoms with E-state index in [4.69, 9.17) is 28.3 Å². The number of hydrogen-bond donors (Lipinski definition) is 2. The topological polar surface area (TPSA) is 80.0 Å². The van der Waals surface area contributed by atoms with Crippen LogP contribution in [0.5, 0.6) is 5.75 Å². The molecule has 0 spiro atoms. The molecule has 11 heteroatoms. The van der Waals surface area contributed by atoms with E-state index >= 15 is 0 Å². The number of pyridine rings is 1. The third-order valence-corrected chi connectivity index (χ3v) is 6.48. The van der Waals surface area contributed by atoms with E-state index in [0.717, 1.165) is 17.2 Å². The van der Waals surface area contributed by atoms with Crippen LogP contribution in [0.4, 0.5) is 18.9 Å². The number of aromatic hydroxyl groups is 1. The predicted molar refractivity (Wildman–Crippen MR) is 143 cm³/mol. The number of nitrogens with one attached hydrogen (secondary N) is 1. The molecule has 0 aliphatic heterocycles. The Morgan fingerprint density at radius 2 is 1.59 bits per heavy atom. The van der Waals surface area contributed by atoms with Gasteiger partial charge in [-0.1, -0.05) is 23.2 Å². The van der Waals surface area contributed by atoms with Crippen LogP contribution >= 0.6 is 23.2 Å². The smallest absolute Gasteiger partial charge is 0.417 e. The minimum atomic E-state index is -4.68. The predicted octanol–water partition coefficient (Wildman–Crippen LogP) is 7.88. The number of aromatic nitrogens is 3. The van der Waals surface area contributed by atoms with Crippen LogP contribution in [0.25, 0.3) is 28.1 Å². The van der Waals surface area contributed by atoms with Crippen LogP contribution in [-0.4, -0.2) is 25.8 Å². The van der Waals surface area contributed by atoms with Gasteiger partial charge in [0, 0.05) is 41.0 Å². The summed E-state index contributed by atoms with van der Waals surface area (Å²) in [6, 6.07) is 18.1. The lowest BCUT2D eigenvalue weighted by Gasteiger charge is -2.11. The normalized spacial score (nSPS) is 11.4. The van der Waals surface area contributed by atoms with Crippen LogP contribution < -0.4 is 5.32 Å². The van der Waals surface area contributed by atoms with Gasteiger partial charge in [0.15, 0.2) is 0 Å². The first-order valence-corrected chi connectivity index (χ1v) is 12.1. The second-order valence-corrected chi connectivity index (χ2v) is 9.25. The number of benzene rings is 3. The summed E-state index contributed by atoms with van der Waals surface area (Å²) in [6.45, 7) is 0. The minimum absolute atomic E-state index is 0.0452. The van der Waals surface area contributed by atoms with Gasteiger partial charge in [0.05, 0.1) is 21.3 Å². The number of phenols is 1. The first-order chi connectivity index (χ1) is 18.6. The van der Waals surface area contributed by atoms with Crippen LogP contribution in [0, 0.1) is 0 Å². The number of alkyl halides is 3. The molecule has 0 atom stereocenters. The van der Waals surface area contributed by atoms with Crippen molar-refractivity contribution in [2.45, 2.75) is 6.18 Å². The fourth-order valence-electron chi connectivity index (χ4n) is 3.90. The summed E-state index contributed by atoms with van der Waals surface area (Å²) in [5.74, 6) is -0.758. The zero-order valence-electron chi connectivity index (χ0n) is 19.7. The van der Waals surface area contributed by atoms with E-state index in [-0.39, 0.29) is 16.3 Å². The van der Waals surface area contributed by atoms with E-state index in [1.54, 1.807) is 53.5 Å². The number of anilines is 1. The molecule has 6 nitrogen and oxygen atoms in total. The van der Waals surface area contributed by atoms with Crippen LogP contribution in [0.15, 0.2) is 91.4 Å². The molecule has 2 heterocycles. The Labute approximate surface area is 230 Å². The quantitative estimate of drug-likeness (QED) is 0.226. The summed E-state index contributed by atoms with van der Waals surface area (Å²) in [5, 5.41) is 16.9. The molecule has 196 valence electrons. The maximum absolute atomic E-state index is 13.2. The van der Waals surface area contributed by atoms with E-state index in [1.165, 1.54) is 12.1 Å². The van der Waals surface area contributed by atoms with Gasteiger partial charge in [0.1, 0.15) is 11.4 Å². The second-order valence-electron chi connectivity index (χ2n) is 8.43. The van der Waals surface area contributed by atoms with Gasteiger partial charge in [-0.15, -0.1) is 0 Å².